The van der Waals surface area contributed by atoms with Crippen molar-refractivity contribution in [2.24, 2.45) is 5.41 Å². The average molecular weight is 515 g/mol. The quantitative estimate of drug-likeness (QED) is 0.336. The molecule has 3 aromatic rings. The van der Waals surface area contributed by atoms with E-state index in [0.717, 1.165) is 75.3 Å². The van der Waals surface area contributed by atoms with Crippen LogP contribution in [0, 0.1) is 5.41 Å². The highest BCUT2D eigenvalue weighted by molar-refractivity contribution is 6.06. The fourth-order valence-electron chi connectivity index (χ4n) is 5.17. The Hall–Kier alpha value is -3.91. The number of nitrogens with two attached hydrogens (primary N) is 1. The molecule has 2 amide bonds. The van der Waals surface area contributed by atoms with Gasteiger partial charge in [0.15, 0.2) is 0 Å². The number of carbonyl (C=O) groups is 2. The Morgan fingerprint density at radius 3 is 2.50 bits per heavy atom. The highest BCUT2D eigenvalue weighted by atomic mass is 16.1. The van der Waals surface area contributed by atoms with E-state index in [1.807, 2.05) is 66.5 Å². The number of hydrogen-bond donors (Lipinski definition) is 3. The zero-order chi connectivity index (χ0) is 27.0. The van der Waals surface area contributed by atoms with Crippen molar-refractivity contribution in [3.63, 3.8) is 0 Å². The van der Waals surface area contributed by atoms with Crippen LogP contribution in [0.1, 0.15) is 36.5 Å². The summed E-state index contributed by atoms with van der Waals surface area (Å²) >= 11 is 0. The molecule has 8 nitrogen and oxygen atoms in total. The normalized spacial score (nSPS) is 18.6. The van der Waals surface area contributed by atoms with Gasteiger partial charge in [-0.25, -0.2) is 4.98 Å². The summed E-state index contributed by atoms with van der Waals surface area (Å²) in [5, 5.41) is 5.86. The minimum Gasteiger partial charge on any atom is -0.397 e. The van der Waals surface area contributed by atoms with E-state index in [-0.39, 0.29) is 11.3 Å². The molecule has 5 rings (SSSR count). The van der Waals surface area contributed by atoms with Crippen LogP contribution >= 0.6 is 0 Å². The molecule has 3 heterocycles. The number of likely N-dealkylation sites (tertiary alicyclic amines) is 1. The first-order valence-electron chi connectivity index (χ1n) is 13.3. The Morgan fingerprint density at radius 1 is 1.05 bits per heavy atom. The minimum absolute atomic E-state index is 0.151. The van der Waals surface area contributed by atoms with Crippen LogP contribution in [0.2, 0.25) is 0 Å². The molecule has 1 atom stereocenters. The minimum atomic E-state index is -0.247. The van der Waals surface area contributed by atoms with Gasteiger partial charge in [-0.2, -0.15) is 0 Å². The molecule has 2 aliphatic heterocycles. The van der Waals surface area contributed by atoms with Crippen LogP contribution in [0.25, 0.3) is 11.1 Å². The third-order valence-electron chi connectivity index (χ3n) is 7.37. The standard InChI is InChI=1S/C27H29N5O2.C3H9N/c28-23-9-7-21(20-5-2-1-3-6-20)15-24(23)30-26(34)22-8-10-25(29-16-22)32-13-4-11-27(18-32)12-14-31(17-27)19-33;1-3-4-2/h1-3,5-10,15-16,19H,4,11-14,17-18,28H2,(H,30,34);4H,3H2,1-2H3. The predicted molar refractivity (Wildman–Crippen MR) is 154 cm³/mol. The highest BCUT2D eigenvalue weighted by Crippen LogP contribution is 2.39. The Kier molecular flexibility index (Phi) is 8.97. The summed E-state index contributed by atoms with van der Waals surface area (Å²) in [7, 11) is 1.93. The maximum Gasteiger partial charge on any atom is 0.257 e. The number of aromatic nitrogens is 1. The SMILES string of the molecule is CCNC.Nc1ccc(-c2ccccc2)cc1NC(=O)c1ccc(N2CCCC3(CCN(C=O)C3)C2)nc1. The van der Waals surface area contributed by atoms with Crippen LogP contribution in [0.15, 0.2) is 66.9 Å². The molecule has 0 radical (unpaired) electrons. The van der Waals surface area contributed by atoms with E-state index in [1.54, 1.807) is 12.3 Å². The molecule has 0 saturated carbocycles. The van der Waals surface area contributed by atoms with Gasteiger partial charge in [-0.15, -0.1) is 0 Å². The van der Waals surface area contributed by atoms with E-state index in [0.29, 0.717) is 16.9 Å². The van der Waals surface area contributed by atoms with Crippen LogP contribution in [-0.4, -0.2) is 62.0 Å². The molecule has 1 unspecified atom stereocenters. The second-order valence-electron chi connectivity index (χ2n) is 10.1. The number of piperidine rings is 1. The van der Waals surface area contributed by atoms with Crippen LogP contribution < -0.4 is 21.3 Å². The second kappa shape index (κ2) is 12.6. The van der Waals surface area contributed by atoms with Crippen molar-refractivity contribution in [1.82, 2.24) is 15.2 Å². The lowest BCUT2D eigenvalue weighted by molar-refractivity contribution is -0.117. The van der Waals surface area contributed by atoms with Crippen LogP contribution in [0.3, 0.4) is 0 Å². The topological polar surface area (TPSA) is 104 Å². The smallest absolute Gasteiger partial charge is 0.257 e. The number of rotatable bonds is 6. The molecule has 0 aliphatic carbocycles. The van der Waals surface area contributed by atoms with Gasteiger partial charge in [0, 0.05) is 37.8 Å². The van der Waals surface area contributed by atoms with Gasteiger partial charge in [-0.1, -0.05) is 43.3 Å². The van der Waals surface area contributed by atoms with Gasteiger partial charge in [0.2, 0.25) is 6.41 Å². The lowest BCUT2D eigenvalue weighted by Gasteiger charge is -2.40. The fourth-order valence-corrected chi connectivity index (χ4v) is 5.17. The highest BCUT2D eigenvalue weighted by Gasteiger charge is 2.41. The van der Waals surface area contributed by atoms with E-state index in [2.05, 4.69) is 27.4 Å². The number of nitrogens with zero attached hydrogens (tertiary/aromatic N) is 3. The molecular weight excluding hydrogens is 476 g/mol. The molecule has 38 heavy (non-hydrogen) atoms. The number of pyridine rings is 1. The number of amides is 2. The molecule has 4 N–H and O–H groups in total. The number of nitrogens with one attached hydrogen (secondary N) is 2. The van der Waals surface area contributed by atoms with Crippen molar-refractivity contribution in [1.29, 1.82) is 0 Å². The molecule has 0 bridgehead atoms. The zero-order valence-electron chi connectivity index (χ0n) is 22.3. The molecule has 2 fully saturated rings. The summed E-state index contributed by atoms with van der Waals surface area (Å²) in [5.74, 6) is 0.620. The van der Waals surface area contributed by atoms with E-state index < -0.39 is 0 Å². The van der Waals surface area contributed by atoms with Gasteiger partial charge in [0.05, 0.1) is 16.9 Å². The van der Waals surface area contributed by atoms with Crippen LogP contribution in [0.5, 0.6) is 0 Å². The predicted octanol–water partition coefficient (Wildman–Crippen LogP) is 4.26. The molecular formula is C30H38N6O2. The van der Waals surface area contributed by atoms with Gasteiger partial charge >= 0.3 is 0 Å². The van der Waals surface area contributed by atoms with Crippen molar-refractivity contribution in [2.45, 2.75) is 26.2 Å². The van der Waals surface area contributed by atoms with Crippen LogP contribution in [0.4, 0.5) is 17.2 Å². The Balaban J connectivity index is 0.000000786. The van der Waals surface area contributed by atoms with Crippen molar-refractivity contribution in [3.05, 3.63) is 72.4 Å². The molecule has 1 spiro atoms. The maximum absolute atomic E-state index is 12.9. The third kappa shape index (κ3) is 6.50. The lowest BCUT2D eigenvalue weighted by atomic mass is 9.79. The largest absolute Gasteiger partial charge is 0.397 e. The van der Waals surface area contributed by atoms with Gasteiger partial charge in [-0.3, -0.25) is 9.59 Å². The van der Waals surface area contributed by atoms with Crippen LogP contribution in [-0.2, 0) is 4.79 Å². The number of carbonyl (C=O) groups excluding carboxylic acids is 2. The number of anilines is 3. The summed E-state index contributed by atoms with van der Waals surface area (Å²) in [4.78, 5) is 32.9. The summed E-state index contributed by atoms with van der Waals surface area (Å²) < 4.78 is 0. The molecule has 2 aromatic carbocycles. The van der Waals surface area contributed by atoms with Crippen molar-refractivity contribution in [3.8, 4) is 11.1 Å². The van der Waals surface area contributed by atoms with E-state index in [1.165, 1.54) is 0 Å². The first-order valence-corrected chi connectivity index (χ1v) is 13.3. The number of hydrogen-bond acceptors (Lipinski definition) is 6. The molecule has 2 saturated heterocycles. The fraction of sp³-hybridized carbons (Fsp3) is 0.367. The van der Waals surface area contributed by atoms with E-state index in [9.17, 15) is 9.59 Å². The lowest BCUT2D eigenvalue weighted by Crippen LogP contribution is -2.45. The molecule has 200 valence electrons. The summed E-state index contributed by atoms with van der Waals surface area (Å²) in [6, 6.07) is 19.3. The molecule has 1 aromatic heterocycles. The Morgan fingerprint density at radius 2 is 1.84 bits per heavy atom. The Labute approximate surface area is 225 Å². The van der Waals surface area contributed by atoms with E-state index in [4.69, 9.17) is 5.73 Å². The van der Waals surface area contributed by atoms with Crippen molar-refractivity contribution in [2.75, 3.05) is 55.7 Å². The first-order chi connectivity index (χ1) is 18.5. The summed E-state index contributed by atoms with van der Waals surface area (Å²) in [5.41, 5.74) is 9.89. The summed E-state index contributed by atoms with van der Waals surface area (Å²) in [6.07, 6.45) is 5.83. The maximum atomic E-state index is 12.9. The van der Waals surface area contributed by atoms with Crippen molar-refractivity contribution < 1.29 is 9.59 Å². The summed E-state index contributed by atoms with van der Waals surface area (Å²) in [6.45, 7) is 6.61. The van der Waals surface area contributed by atoms with E-state index >= 15 is 0 Å². The zero-order valence-corrected chi connectivity index (χ0v) is 22.3. The monoisotopic (exact) mass is 514 g/mol. The first kappa shape index (κ1) is 27.1. The number of benzene rings is 2. The third-order valence-corrected chi connectivity index (χ3v) is 7.37. The van der Waals surface area contributed by atoms with Gasteiger partial charge in [0.25, 0.3) is 5.91 Å². The number of nitrogen functional groups attached to an aromatic ring is 1. The Bertz CT molecular complexity index is 1220. The second-order valence-corrected chi connectivity index (χ2v) is 10.1. The van der Waals surface area contributed by atoms with Gasteiger partial charge < -0.3 is 26.2 Å². The molecule has 2 aliphatic rings. The van der Waals surface area contributed by atoms with Gasteiger partial charge in [-0.05, 0) is 68.2 Å². The average Bonchev–Trinajstić information content (AvgIpc) is 3.36. The molecule has 8 heteroatoms. The van der Waals surface area contributed by atoms with Crippen molar-refractivity contribution >= 4 is 29.5 Å². The van der Waals surface area contributed by atoms with Gasteiger partial charge in [0.1, 0.15) is 5.82 Å².